The smallest absolute Gasteiger partial charge is 0.108 e. The van der Waals surface area contributed by atoms with Crippen molar-refractivity contribution in [2.75, 3.05) is 7.11 Å². The molecule has 1 aliphatic carbocycles. The quantitative estimate of drug-likeness (QED) is 0.833. The van der Waals surface area contributed by atoms with Crippen LogP contribution in [0.25, 0.3) is 0 Å². The highest BCUT2D eigenvalue weighted by atomic mass is 16.5. The molecule has 1 N–H and O–H groups in total. The van der Waals surface area contributed by atoms with E-state index in [1.54, 1.807) is 7.11 Å². The Kier molecular flexibility index (Phi) is 4.64. The molecule has 1 fully saturated rings. The summed E-state index contributed by atoms with van der Waals surface area (Å²) in [5.41, 5.74) is 1.91. The summed E-state index contributed by atoms with van der Waals surface area (Å²) in [5, 5.41) is 10.7. The van der Waals surface area contributed by atoms with Crippen molar-refractivity contribution in [2.24, 2.45) is 0 Å². The second-order valence-electron chi connectivity index (χ2n) is 5.68. The van der Waals surface area contributed by atoms with Crippen molar-refractivity contribution in [1.82, 2.24) is 0 Å². The van der Waals surface area contributed by atoms with Gasteiger partial charge in [0.1, 0.15) is 6.10 Å². The van der Waals surface area contributed by atoms with Crippen molar-refractivity contribution in [3.63, 3.8) is 0 Å². The standard InChI is InChI=1S/C17H26O2/c1-4-17(5-2,19-3)16(18)15-11-7-10-14(12-15)13-8-6-9-13/h7,10-13,16,18H,4-6,8-9H2,1-3H3. The van der Waals surface area contributed by atoms with E-state index in [1.807, 2.05) is 6.07 Å². The molecule has 1 aromatic rings. The molecule has 0 spiro atoms. The molecule has 0 bridgehead atoms. The molecular formula is C17H26O2. The van der Waals surface area contributed by atoms with Crippen LogP contribution in [-0.4, -0.2) is 17.8 Å². The number of rotatable bonds is 6. The molecule has 1 aliphatic rings. The zero-order valence-corrected chi connectivity index (χ0v) is 12.4. The number of aliphatic hydroxyl groups excluding tert-OH is 1. The van der Waals surface area contributed by atoms with Crippen LogP contribution in [0.5, 0.6) is 0 Å². The van der Waals surface area contributed by atoms with Gasteiger partial charge in [0.25, 0.3) is 0 Å². The van der Waals surface area contributed by atoms with E-state index in [4.69, 9.17) is 4.74 Å². The van der Waals surface area contributed by atoms with Crippen LogP contribution >= 0.6 is 0 Å². The number of hydrogen-bond donors (Lipinski definition) is 1. The van der Waals surface area contributed by atoms with Gasteiger partial charge in [0.2, 0.25) is 0 Å². The fraction of sp³-hybridized carbons (Fsp3) is 0.647. The van der Waals surface area contributed by atoms with Gasteiger partial charge in [0.15, 0.2) is 0 Å². The first-order chi connectivity index (χ1) is 9.16. The van der Waals surface area contributed by atoms with Crippen molar-refractivity contribution in [3.8, 4) is 0 Å². The Labute approximate surface area is 116 Å². The molecule has 0 aliphatic heterocycles. The topological polar surface area (TPSA) is 29.5 Å². The minimum Gasteiger partial charge on any atom is -0.385 e. The van der Waals surface area contributed by atoms with Crippen LogP contribution in [0.1, 0.15) is 69.1 Å². The molecular weight excluding hydrogens is 236 g/mol. The van der Waals surface area contributed by atoms with E-state index in [9.17, 15) is 5.11 Å². The molecule has 1 atom stereocenters. The number of hydrogen-bond acceptors (Lipinski definition) is 2. The van der Waals surface area contributed by atoms with Crippen LogP contribution in [0.2, 0.25) is 0 Å². The lowest BCUT2D eigenvalue weighted by Gasteiger charge is -2.36. The van der Waals surface area contributed by atoms with E-state index in [0.717, 1.165) is 18.4 Å². The van der Waals surface area contributed by atoms with Crippen LogP contribution in [0, 0.1) is 0 Å². The Bertz CT molecular complexity index is 397. The van der Waals surface area contributed by atoms with Crippen molar-refractivity contribution in [2.45, 2.75) is 63.6 Å². The van der Waals surface area contributed by atoms with Gasteiger partial charge in [-0.1, -0.05) is 44.5 Å². The summed E-state index contributed by atoms with van der Waals surface area (Å²) in [6, 6.07) is 8.45. The van der Waals surface area contributed by atoms with Gasteiger partial charge in [-0.2, -0.15) is 0 Å². The minimum atomic E-state index is -0.549. The van der Waals surface area contributed by atoms with Gasteiger partial charge in [0.05, 0.1) is 5.60 Å². The number of aliphatic hydroxyl groups is 1. The van der Waals surface area contributed by atoms with Gasteiger partial charge < -0.3 is 9.84 Å². The predicted molar refractivity (Wildman–Crippen MR) is 78.3 cm³/mol. The molecule has 1 saturated carbocycles. The summed E-state index contributed by atoms with van der Waals surface area (Å²) < 4.78 is 5.64. The summed E-state index contributed by atoms with van der Waals surface area (Å²) in [7, 11) is 1.70. The summed E-state index contributed by atoms with van der Waals surface area (Å²) in [6.45, 7) is 4.15. The Morgan fingerprint density at radius 1 is 1.32 bits per heavy atom. The van der Waals surface area contributed by atoms with E-state index in [-0.39, 0.29) is 0 Å². The third-order valence-electron chi connectivity index (χ3n) is 4.90. The van der Waals surface area contributed by atoms with Crippen LogP contribution in [0.3, 0.4) is 0 Å². The second-order valence-corrected chi connectivity index (χ2v) is 5.68. The fourth-order valence-electron chi connectivity index (χ4n) is 3.07. The highest BCUT2D eigenvalue weighted by molar-refractivity contribution is 5.30. The van der Waals surface area contributed by atoms with Crippen LogP contribution < -0.4 is 0 Å². The van der Waals surface area contributed by atoms with E-state index in [0.29, 0.717) is 5.92 Å². The average molecular weight is 262 g/mol. The zero-order valence-electron chi connectivity index (χ0n) is 12.4. The van der Waals surface area contributed by atoms with Crippen molar-refractivity contribution in [3.05, 3.63) is 35.4 Å². The van der Waals surface area contributed by atoms with E-state index < -0.39 is 11.7 Å². The Morgan fingerprint density at radius 3 is 2.47 bits per heavy atom. The maximum Gasteiger partial charge on any atom is 0.108 e. The lowest BCUT2D eigenvalue weighted by Crippen LogP contribution is -2.37. The molecule has 1 aromatic carbocycles. The average Bonchev–Trinajstić information content (AvgIpc) is 2.39. The van der Waals surface area contributed by atoms with Gasteiger partial charge in [-0.25, -0.2) is 0 Å². The first-order valence-electron chi connectivity index (χ1n) is 7.50. The molecule has 2 heteroatoms. The normalized spacial score (nSPS) is 18.1. The van der Waals surface area contributed by atoms with Crippen molar-refractivity contribution in [1.29, 1.82) is 0 Å². The first-order valence-corrected chi connectivity index (χ1v) is 7.50. The van der Waals surface area contributed by atoms with E-state index >= 15 is 0 Å². The summed E-state index contributed by atoms with van der Waals surface area (Å²) >= 11 is 0. The second kappa shape index (κ2) is 6.06. The van der Waals surface area contributed by atoms with Gasteiger partial charge in [0, 0.05) is 7.11 Å². The fourth-order valence-corrected chi connectivity index (χ4v) is 3.07. The number of benzene rings is 1. The highest BCUT2D eigenvalue weighted by Gasteiger charge is 2.36. The Balaban J connectivity index is 2.24. The third kappa shape index (κ3) is 2.70. The minimum absolute atomic E-state index is 0.460. The molecule has 0 heterocycles. The Morgan fingerprint density at radius 2 is 2.00 bits per heavy atom. The van der Waals surface area contributed by atoms with Crippen LogP contribution in [0.4, 0.5) is 0 Å². The van der Waals surface area contributed by atoms with Crippen molar-refractivity contribution >= 4 is 0 Å². The highest BCUT2D eigenvalue weighted by Crippen LogP contribution is 2.39. The summed E-state index contributed by atoms with van der Waals surface area (Å²) in [5.74, 6) is 0.701. The number of methoxy groups -OCH3 is 1. The molecule has 0 aromatic heterocycles. The SMILES string of the molecule is CCC(CC)(OC)C(O)c1cccc(C2CCC2)c1. The Hall–Kier alpha value is -0.860. The largest absolute Gasteiger partial charge is 0.385 e. The van der Waals surface area contributed by atoms with Gasteiger partial charge >= 0.3 is 0 Å². The monoisotopic (exact) mass is 262 g/mol. The molecule has 19 heavy (non-hydrogen) atoms. The number of ether oxygens (including phenoxy) is 1. The van der Waals surface area contributed by atoms with Crippen LogP contribution in [0.15, 0.2) is 24.3 Å². The molecule has 0 radical (unpaired) electrons. The van der Waals surface area contributed by atoms with E-state index in [1.165, 1.54) is 24.8 Å². The molecule has 0 saturated heterocycles. The van der Waals surface area contributed by atoms with E-state index in [2.05, 4.69) is 32.0 Å². The maximum absolute atomic E-state index is 10.7. The molecule has 2 nitrogen and oxygen atoms in total. The summed E-state index contributed by atoms with van der Waals surface area (Å²) in [6.07, 6.45) is 4.99. The molecule has 0 amide bonds. The van der Waals surface area contributed by atoms with Gasteiger partial charge in [-0.15, -0.1) is 0 Å². The predicted octanol–water partition coefficient (Wildman–Crippen LogP) is 4.19. The lowest BCUT2D eigenvalue weighted by molar-refractivity contribution is -0.109. The molecule has 106 valence electrons. The van der Waals surface area contributed by atoms with Crippen molar-refractivity contribution < 1.29 is 9.84 Å². The summed E-state index contributed by atoms with van der Waals surface area (Å²) in [4.78, 5) is 0. The lowest BCUT2D eigenvalue weighted by atomic mass is 9.78. The maximum atomic E-state index is 10.7. The first kappa shape index (κ1) is 14.5. The van der Waals surface area contributed by atoms with Gasteiger partial charge in [-0.05, 0) is 42.7 Å². The molecule has 2 rings (SSSR count). The zero-order chi connectivity index (χ0) is 13.9. The van der Waals surface area contributed by atoms with Crippen LogP contribution in [-0.2, 0) is 4.74 Å². The van der Waals surface area contributed by atoms with Gasteiger partial charge in [-0.3, -0.25) is 0 Å². The third-order valence-corrected chi connectivity index (χ3v) is 4.90. The molecule has 1 unspecified atom stereocenters.